The number of anilines is 1. The number of alkyl halides is 3. The number of ether oxygens (including phenoxy) is 1. The molecule has 0 bridgehead atoms. The lowest BCUT2D eigenvalue weighted by molar-refractivity contribution is -0.138. The van der Waals surface area contributed by atoms with Crippen molar-refractivity contribution in [2.24, 2.45) is 0 Å². The molecule has 0 atom stereocenters. The van der Waals surface area contributed by atoms with Gasteiger partial charge in [0.2, 0.25) is 0 Å². The van der Waals surface area contributed by atoms with Crippen molar-refractivity contribution in [1.29, 1.82) is 0 Å². The van der Waals surface area contributed by atoms with E-state index in [1.165, 1.54) is 32.4 Å². The van der Waals surface area contributed by atoms with E-state index < -0.39 is 26.7 Å². The number of hydrogen-bond acceptors (Lipinski definition) is 4. The van der Waals surface area contributed by atoms with E-state index in [1.807, 2.05) is 0 Å². The first-order chi connectivity index (χ1) is 11.6. The van der Waals surface area contributed by atoms with Crippen molar-refractivity contribution in [3.8, 4) is 0 Å². The van der Waals surface area contributed by atoms with Crippen molar-refractivity contribution >= 4 is 15.7 Å². The third-order valence-corrected chi connectivity index (χ3v) is 5.33. The van der Waals surface area contributed by atoms with E-state index >= 15 is 0 Å². The molecule has 0 N–H and O–H groups in total. The van der Waals surface area contributed by atoms with Crippen LogP contribution in [-0.4, -0.2) is 27.2 Å². The molecule has 0 aliphatic carbocycles. The van der Waals surface area contributed by atoms with Gasteiger partial charge in [0.05, 0.1) is 21.8 Å². The van der Waals surface area contributed by atoms with Gasteiger partial charge < -0.3 is 4.74 Å². The van der Waals surface area contributed by atoms with Crippen molar-refractivity contribution < 1.29 is 26.3 Å². The zero-order chi connectivity index (χ0) is 18.8. The summed E-state index contributed by atoms with van der Waals surface area (Å²) in [5.41, 5.74) is -0.402. The molecule has 0 saturated carbocycles. The second-order valence-corrected chi connectivity index (χ2v) is 7.22. The summed E-state index contributed by atoms with van der Waals surface area (Å²) in [6.07, 6.45) is -3.16. The molecule has 2 aromatic rings. The van der Waals surface area contributed by atoms with E-state index in [9.17, 15) is 21.6 Å². The predicted octanol–water partition coefficient (Wildman–Crippen LogP) is 3.52. The zero-order valence-corrected chi connectivity index (χ0v) is 14.6. The first kappa shape index (κ1) is 19.2. The molecular weight excluding hydrogens is 357 g/mol. The Morgan fingerprint density at radius 1 is 1.20 bits per heavy atom. The highest BCUT2D eigenvalue weighted by Crippen LogP contribution is 2.34. The van der Waals surface area contributed by atoms with E-state index in [0.29, 0.717) is 11.8 Å². The van der Waals surface area contributed by atoms with E-state index in [-0.39, 0.29) is 18.0 Å². The van der Waals surface area contributed by atoms with Crippen LogP contribution in [0.25, 0.3) is 0 Å². The van der Waals surface area contributed by atoms with Gasteiger partial charge in [-0.05, 0) is 43.7 Å². The molecule has 0 spiro atoms. The zero-order valence-electron chi connectivity index (χ0n) is 13.8. The number of halogens is 3. The highest BCUT2D eigenvalue weighted by atomic mass is 32.2. The average Bonchev–Trinajstić information content (AvgIpc) is 2.52. The summed E-state index contributed by atoms with van der Waals surface area (Å²) >= 11 is 0. The first-order valence-electron chi connectivity index (χ1n) is 7.20. The van der Waals surface area contributed by atoms with E-state index in [1.54, 1.807) is 6.92 Å². The third-order valence-electron chi connectivity index (χ3n) is 3.60. The smallest absolute Gasteiger partial charge is 0.363 e. The molecule has 2 rings (SSSR count). The molecule has 0 amide bonds. The Labute approximate surface area is 144 Å². The molecular formula is C16H17F3N2O3S. The number of aromatic nitrogens is 1. The van der Waals surface area contributed by atoms with Gasteiger partial charge in [-0.3, -0.25) is 4.98 Å². The Kier molecular flexibility index (Phi) is 5.38. The summed E-state index contributed by atoms with van der Waals surface area (Å²) in [5.74, 6) is 0. The number of benzene rings is 1. The first-order valence-corrected chi connectivity index (χ1v) is 8.64. The number of nitrogens with zero attached hydrogens (tertiary/aromatic N) is 2. The molecule has 0 saturated heterocycles. The average molecular weight is 374 g/mol. The monoisotopic (exact) mass is 374 g/mol. The topological polar surface area (TPSA) is 59.5 Å². The predicted molar refractivity (Wildman–Crippen MR) is 86.7 cm³/mol. The molecule has 25 heavy (non-hydrogen) atoms. The summed E-state index contributed by atoms with van der Waals surface area (Å²) < 4.78 is 71.0. The van der Waals surface area contributed by atoms with Crippen LogP contribution in [0.2, 0.25) is 0 Å². The van der Waals surface area contributed by atoms with Crippen molar-refractivity contribution in [3.05, 3.63) is 53.3 Å². The summed E-state index contributed by atoms with van der Waals surface area (Å²) in [7, 11) is -2.97. The number of methoxy groups -OCH3 is 1. The van der Waals surface area contributed by atoms with E-state index in [0.717, 1.165) is 16.4 Å². The van der Waals surface area contributed by atoms with Crippen LogP contribution in [0.5, 0.6) is 0 Å². The van der Waals surface area contributed by atoms with Gasteiger partial charge in [-0.2, -0.15) is 13.2 Å². The lowest BCUT2D eigenvalue weighted by Gasteiger charge is -2.25. The van der Waals surface area contributed by atoms with Crippen LogP contribution >= 0.6 is 0 Å². The molecule has 0 radical (unpaired) electrons. The van der Waals surface area contributed by atoms with Gasteiger partial charge in [0, 0.05) is 13.3 Å². The molecule has 9 heteroatoms. The summed E-state index contributed by atoms with van der Waals surface area (Å²) in [6.45, 7) is 2.52. The minimum Gasteiger partial charge on any atom is -0.363 e. The Morgan fingerprint density at radius 3 is 2.44 bits per heavy atom. The number of aryl methyl sites for hydroxylation is 2. The molecule has 0 fully saturated rings. The second kappa shape index (κ2) is 7.01. The highest BCUT2D eigenvalue weighted by molar-refractivity contribution is 7.92. The van der Waals surface area contributed by atoms with Gasteiger partial charge in [-0.15, -0.1) is 0 Å². The molecule has 136 valence electrons. The molecule has 0 aliphatic heterocycles. The quantitative estimate of drug-likeness (QED) is 0.752. The molecule has 0 unspecified atom stereocenters. The Hall–Kier alpha value is -2.13. The molecule has 1 aromatic carbocycles. The normalized spacial score (nSPS) is 12.2. The summed E-state index contributed by atoms with van der Waals surface area (Å²) in [4.78, 5) is 3.55. The minimum atomic E-state index is -4.65. The van der Waals surface area contributed by atoms with Gasteiger partial charge in [-0.25, -0.2) is 12.7 Å². The Bertz CT molecular complexity index is 867. The van der Waals surface area contributed by atoms with Crippen LogP contribution in [0.4, 0.5) is 18.9 Å². The van der Waals surface area contributed by atoms with E-state index in [4.69, 9.17) is 4.74 Å². The maximum absolute atomic E-state index is 13.1. The van der Waals surface area contributed by atoms with Crippen LogP contribution in [0.15, 0.2) is 41.4 Å². The van der Waals surface area contributed by atoms with Crippen LogP contribution in [0, 0.1) is 13.8 Å². The Balaban J connectivity index is 2.61. The van der Waals surface area contributed by atoms with Crippen molar-refractivity contribution in [2.45, 2.75) is 24.9 Å². The molecule has 0 aliphatic rings. The van der Waals surface area contributed by atoms with Crippen LogP contribution in [0.3, 0.4) is 0 Å². The summed E-state index contributed by atoms with van der Waals surface area (Å²) in [5, 5.41) is 0. The standard InChI is InChI=1S/C16H17F3N2O3S/c1-11-6-7-13(9-14(11)16(17,18)19)25(22,23)21(10-24-3)15-5-4-8-20-12(15)2/h4-9H,10H2,1-3H3. The lowest BCUT2D eigenvalue weighted by atomic mass is 10.1. The molecule has 1 heterocycles. The highest BCUT2D eigenvalue weighted by Gasteiger charge is 2.35. The fourth-order valence-corrected chi connectivity index (χ4v) is 3.78. The van der Waals surface area contributed by atoms with Crippen molar-refractivity contribution in [1.82, 2.24) is 4.98 Å². The fraction of sp³-hybridized carbons (Fsp3) is 0.312. The van der Waals surface area contributed by atoms with Gasteiger partial charge in [-0.1, -0.05) is 6.07 Å². The van der Waals surface area contributed by atoms with Crippen LogP contribution in [-0.2, 0) is 20.9 Å². The van der Waals surface area contributed by atoms with Crippen LogP contribution < -0.4 is 4.31 Å². The third kappa shape index (κ3) is 3.93. The van der Waals surface area contributed by atoms with Gasteiger partial charge >= 0.3 is 6.18 Å². The van der Waals surface area contributed by atoms with Crippen molar-refractivity contribution in [3.63, 3.8) is 0 Å². The maximum Gasteiger partial charge on any atom is 0.416 e. The minimum absolute atomic E-state index is 0.0534. The number of rotatable bonds is 5. The number of sulfonamides is 1. The maximum atomic E-state index is 13.1. The molecule has 5 nitrogen and oxygen atoms in total. The molecule has 1 aromatic heterocycles. The van der Waals surface area contributed by atoms with E-state index in [2.05, 4.69) is 4.98 Å². The summed E-state index contributed by atoms with van der Waals surface area (Å²) in [6, 6.07) is 5.97. The fourth-order valence-electron chi connectivity index (χ4n) is 2.32. The largest absolute Gasteiger partial charge is 0.416 e. The van der Waals surface area contributed by atoms with Gasteiger partial charge in [0.15, 0.2) is 0 Å². The van der Waals surface area contributed by atoms with Crippen molar-refractivity contribution in [2.75, 3.05) is 18.1 Å². The Morgan fingerprint density at radius 2 is 1.88 bits per heavy atom. The lowest BCUT2D eigenvalue weighted by Crippen LogP contribution is -2.33. The van der Waals surface area contributed by atoms with Crippen LogP contribution in [0.1, 0.15) is 16.8 Å². The van der Waals surface area contributed by atoms with Gasteiger partial charge in [0.1, 0.15) is 6.73 Å². The second-order valence-electron chi connectivity index (χ2n) is 5.35. The SMILES string of the molecule is COCN(c1cccnc1C)S(=O)(=O)c1ccc(C)c(C(F)(F)F)c1. The number of pyridine rings is 1. The number of hydrogen-bond donors (Lipinski definition) is 0. The van der Waals surface area contributed by atoms with Gasteiger partial charge in [0.25, 0.3) is 10.0 Å².